The number of fused-ring (bicyclic) bond motifs is 1. The van der Waals surface area contributed by atoms with E-state index < -0.39 is 5.97 Å². The van der Waals surface area contributed by atoms with E-state index in [0.29, 0.717) is 30.3 Å². The number of hydrogen-bond donors (Lipinski definition) is 1. The van der Waals surface area contributed by atoms with Crippen molar-refractivity contribution in [3.63, 3.8) is 0 Å². The zero-order chi connectivity index (χ0) is 21.5. The Morgan fingerprint density at radius 1 is 1.03 bits per heavy atom. The quantitative estimate of drug-likeness (QED) is 0.700. The Morgan fingerprint density at radius 2 is 1.73 bits per heavy atom. The summed E-state index contributed by atoms with van der Waals surface area (Å²) in [6, 6.07) is 12.0. The van der Waals surface area contributed by atoms with Gasteiger partial charge in [0.05, 0.1) is 31.9 Å². The molecule has 1 heterocycles. The molecule has 0 aromatic heterocycles. The van der Waals surface area contributed by atoms with Gasteiger partial charge in [0.1, 0.15) is 5.75 Å². The number of esters is 1. The van der Waals surface area contributed by atoms with Crippen molar-refractivity contribution in [1.29, 1.82) is 0 Å². The maximum Gasteiger partial charge on any atom is 0.337 e. The first kappa shape index (κ1) is 21.5. The molecule has 0 spiro atoms. The molecule has 1 amide bonds. The smallest absolute Gasteiger partial charge is 0.337 e. The lowest BCUT2D eigenvalue weighted by molar-refractivity contribution is -0.124. The van der Waals surface area contributed by atoms with Crippen molar-refractivity contribution in [3.8, 4) is 17.2 Å². The van der Waals surface area contributed by atoms with E-state index in [-0.39, 0.29) is 24.5 Å². The summed E-state index contributed by atoms with van der Waals surface area (Å²) in [5.74, 6) is 1.43. The number of rotatable bonds is 7. The summed E-state index contributed by atoms with van der Waals surface area (Å²) < 4.78 is 21.7. The number of nitrogens with one attached hydrogen (secondary N) is 1. The number of hydrogen-bond acceptors (Lipinski definition) is 6. The van der Waals surface area contributed by atoms with Crippen molar-refractivity contribution in [2.24, 2.45) is 5.92 Å². The van der Waals surface area contributed by atoms with Crippen molar-refractivity contribution in [2.75, 3.05) is 26.9 Å². The average molecular weight is 413 g/mol. The Labute approximate surface area is 176 Å². The highest BCUT2D eigenvalue weighted by atomic mass is 16.5. The van der Waals surface area contributed by atoms with Gasteiger partial charge in [0.15, 0.2) is 18.1 Å². The molecule has 1 aliphatic rings. The molecule has 3 rings (SSSR count). The van der Waals surface area contributed by atoms with Crippen LogP contribution in [0.5, 0.6) is 17.2 Å². The number of amides is 1. The van der Waals surface area contributed by atoms with Crippen LogP contribution in [0.1, 0.15) is 42.2 Å². The fourth-order valence-corrected chi connectivity index (χ4v) is 3.18. The predicted octanol–water partition coefficient (Wildman–Crippen LogP) is 3.53. The van der Waals surface area contributed by atoms with Gasteiger partial charge in [0.25, 0.3) is 5.91 Å². The van der Waals surface area contributed by atoms with Gasteiger partial charge >= 0.3 is 5.97 Å². The third kappa shape index (κ3) is 5.43. The van der Waals surface area contributed by atoms with Gasteiger partial charge in [-0.25, -0.2) is 4.79 Å². The van der Waals surface area contributed by atoms with Gasteiger partial charge in [-0.05, 0) is 47.9 Å². The minimum absolute atomic E-state index is 0.134. The van der Waals surface area contributed by atoms with Crippen LogP contribution in [0.3, 0.4) is 0 Å². The Hall–Kier alpha value is -3.22. The van der Waals surface area contributed by atoms with Crippen LogP contribution in [0.4, 0.5) is 0 Å². The van der Waals surface area contributed by atoms with E-state index in [9.17, 15) is 9.59 Å². The Balaban J connectivity index is 1.62. The molecule has 0 saturated carbocycles. The maximum atomic E-state index is 12.5. The van der Waals surface area contributed by atoms with E-state index >= 15 is 0 Å². The first-order valence-corrected chi connectivity index (χ1v) is 9.98. The molecule has 7 nitrogen and oxygen atoms in total. The Kier molecular flexibility index (Phi) is 7.17. The summed E-state index contributed by atoms with van der Waals surface area (Å²) in [7, 11) is 1.32. The van der Waals surface area contributed by atoms with Crippen molar-refractivity contribution in [1.82, 2.24) is 5.32 Å². The molecule has 0 aliphatic carbocycles. The van der Waals surface area contributed by atoms with Gasteiger partial charge in [-0.3, -0.25) is 4.79 Å². The number of ether oxygens (including phenoxy) is 4. The summed E-state index contributed by atoms with van der Waals surface area (Å²) in [4.78, 5) is 24.0. The molecule has 0 saturated heterocycles. The van der Waals surface area contributed by atoms with Crippen molar-refractivity contribution in [3.05, 3.63) is 53.6 Å². The highest BCUT2D eigenvalue weighted by molar-refractivity contribution is 5.89. The summed E-state index contributed by atoms with van der Waals surface area (Å²) in [6.45, 7) is 5.19. The molecule has 1 aliphatic heterocycles. The fraction of sp³-hybridized carbons (Fsp3) is 0.391. The molecule has 0 unspecified atom stereocenters. The minimum atomic E-state index is -0.422. The van der Waals surface area contributed by atoms with E-state index in [2.05, 4.69) is 10.1 Å². The number of benzene rings is 2. The minimum Gasteiger partial charge on any atom is -0.490 e. The van der Waals surface area contributed by atoms with E-state index in [0.717, 1.165) is 17.7 Å². The molecule has 1 atom stereocenters. The number of carbonyl (C=O) groups is 2. The monoisotopic (exact) mass is 413 g/mol. The van der Waals surface area contributed by atoms with Gasteiger partial charge in [0.2, 0.25) is 0 Å². The normalized spacial score (nSPS) is 13.9. The molecule has 2 aromatic carbocycles. The third-order valence-corrected chi connectivity index (χ3v) is 4.76. The number of methoxy groups -OCH3 is 1. The summed E-state index contributed by atoms with van der Waals surface area (Å²) in [5.41, 5.74) is 1.37. The van der Waals surface area contributed by atoms with Gasteiger partial charge in [-0.15, -0.1) is 0 Å². The van der Waals surface area contributed by atoms with Gasteiger partial charge in [0, 0.05) is 6.42 Å². The second-order valence-electron chi connectivity index (χ2n) is 7.35. The zero-order valence-corrected chi connectivity index (χ0v) is 17.5. The second kappa shape index (κ2) is 10.0. The van der Waals surface area contributed by atoms with E-state index in [1.54, 1.807) is 24.3 Å². The molecular weight excluding hydrogens is 386 g/mol. The standard InChI is InChI=1S/C23H27NO6/c1-15(2)22(17-7-10-19-20(13-17)29-12-4-11-28-19)24-21(25)14-30-18-8-5-16(6-9-18)23(26)27-3/h5-10,13,15,22H,4,11-12,14H2,1-3H3,(H,24,25)/t22-/m0/s1. The van der Waals surface area contributed by atoms with Gasteiger partial charge in [-0.2, -0.15) is 0 Å². The molecule has 2 aromatic rings. The van der Waals surface area contributed by atoms with Crippen molar-refractivity contribution >= 4 is 11.9 Å². The summed E-state index contributed by atoms with van der Waals surface area (Å²) >= 11 is 0. The van der Waals surface area contributed by atoms with Crippen LogP contribution >= 0.6 is 0 Å². The lowest BCUT2D eigenvalue weighted by atomic mass is 9.95. The van der Waals surface area contributed by atoms with Crippen molar-refractivity contribution in [2.45, 2.75) is 26.3 Å². The topological polar surface area (TPSA) is 83.1 Å². The number of carbonyl (C=O) groups excluding carboxylic acids is 2. The molecule has 0 bridgehead atoms. The van der Waals surface area contributed by atoms with E-state index in [1.807, 2.05) is 32.0 Å². The highest BCUT2D eigenvalue weighted by Crippen LogP contribution is 2.34. The lowest BCUT2D eigenvalue weighted by Crippen LogP contribution is -2.35. The molecule has 160 valence electrons. The SMILES string of the molecule is COC(=O)c1ccc(OCC(=O)N[C@H](c2ccc3c(c2)OCCCO3)C(C)C)cc1. The average Bonchev–Trinajstić information content (AvgIpc) is 3.00. The Bertz CT molecular complexity index is 878. The van der Waals surface area contributed by atoms with Crippen LogP contribution in [0.15, 0.2) is 42.5 Å². The van der Waals surface area contributed by atoms with E-state index in [1.165, 1.54) is 7.11 Å². The third-order valence-electron chi connectivity index (χ3n) is 4.76. The molecular formula is C23H27NO6. The maximum absolute atomic E-state index is 12.5. The van der Waals surface area contributed by atoms with Gasteiger partial charge < -0.3 is 24.3 Å². The molecule has 30 heavy (non-hydrogen) atoms. The van der Waals surface area contributed by atoms with Crippen molar-refractivity contribution < 1.29 is 28.5 Å². The first-order valence-electron chi connectivity index (χ1n) is 9.98. The largest absolute Gasteiger partial charge is 0.490 e. The van der Waals surface area contributed by atoms with Crippen LogP contribution in [0, 0.1) is 5.92 Å². The summed E-state index contributed by atoms with van der Waals surface area (Å²) in [6.07, 6.45) is 0.840. The lowest BCUT2D eigenvalue weighted by Gasteiger charge is -2.24. The molecule has 7 heteroatoms. The highest BCUT2D eigenvalue weighted by Gasteiger charge is 2.21. The fourth-order valence-electron chi connectivity index (χ4n) is 3.18. The van der Waals surface area contributed by atoms with Crippen LogP contribution in [-0.4, -0.2) is 38.8 Å². The molecule has 1 N–H and O–H groups in total. The molecule has 0 fully saturated rings. The predicted molar refractivity (Wildman–Crippen MR) is 111 cm³/mol. The zero-order valence-electron chi connectivity index (χ0n) is 17.5. The second-order valence-corrected chi connectivity index (χ2v) is 7.35. The Morgan fingerprint density at radius 3 is 2.40 bits per heavy atom. The first-order chi connectivity index (χ1) is 14.5. The van der Waals surface area contributed by atoms with Crippen LogP contribution in [0.25, 0.3) is 0 Å². The van der Waals surface area contributed by atoms with Crippen LogP contribution in [0.2, 0.25) is 0 Å². The van der Waals surface area contributed by atoms with Gasteiger partial charge in [-0.1, -0.05) is 19.9 Å². The van der Waals surface area contributed by atoms with Crippen LogP contribution in [-0.2, 0) is 9.53 Å². The molecule has 0 radical (unpaired) electrons. The van der Waals surface area contributed by atoms with E-state index in [4.69, 9.17) is 14.2 Å². The van der Waals surface area contributed by atoms with Crippen LogP contribution < -0.4 is 19.5 Å². The summed E-state index contributed by atoms with van der Waals surface area (Å²) in [5, 5.41) is 3.03.